The van der Waals surface area contributed by atoms with Gasteiger partial charge in [-0.3, -0.25) is 0 Å². The molecule has 0 aromatic carbocycles. The van der Waals surface area contributed by atoms with Crippen LogP contribution in [0.4, 0.5) is 0 Å². The topological polar surface area (TPSA) is 51.6 Å². The van der Waals surface area contributed by atoms with Crippen LogP contribution in [0.25, 0.3) is 0 Å². The summed E-state index contributed by atoms with van der Waals surface area (Å²) >= 11 is 0. The van der Waals surface area contributed by atoms with Crippen LogP contribution < -0.4 is 0 Å². The van der Waals surface area contributed by atoms with Gasteiger partial charge in [-0.05, 0) is 68.5 Å². The fourth-order valence-electron chi connectivity index (χ4n) is 1.93. The van der Waals surface area contributed by atoms with E-state index in [1.165, 1.54) is 0 Å². The largest absolute Gasteiger partial charge is 0.154 e. The molecule has 0 saturated carbocycles. The Morgan fingerprint density at radius 3 is 1.28 bits per heavy atom. The van der Waals surface area contributed by atoms with E-state index in [4.69, 9.17) is 0 Å². The Labute approximate surface area is 162 Å². The molecule has 2 heterocycles. The van der Waals surface area contributed by atoms with Crippen molar-refractivity contribution in [3.63, 3.8) is 0 Å². The standard InChI is InChI=1S/C18H26N4S3/c1-11-9-13(17(3,4)5)19-21-15(11)23-25-24-16-12(2)10-14(20-22-16)18(6,7)8/h9-10H,1-8H3. The van der Waals surface area contributed by atoms with E-state index in [0.29, 0.717) is 0 Å². The molecule has 4 nitrogen and oxygen atoms in total. The van der Waals surface area contributed by atoms with E-state index in [-0.39, 0.29) is 10.8 Å². The van der Waals surface area contributed by atoms with Crippen molar-refractivity contribution in [3.05, 3.63) is 34.6 Å². The molecule has 0 unspecified atom stereocenters. The van der Waals surface area contributed by atoms with Gasteiger partial charge in [-0.2, -0.15) is 10.2 Å². The molecule has 0 spiro atoms. The molecule has 0 fully saturated rings. The van der Waals surface area contributed by atoms with E-state index < -0.39 is 0 Å². The second-order valence-corrected chi connectivity index (χ2v) is 12.0. The van der Waals surface area contributed by atoms with E-state index in [1.54, 1.807) is 31.4 Å². The lowest BCUT2D eigenvalue weighted by Gasteiger charge is -2.18. The molecule has 0 amide bonds. The average Bonchev–Trinajstić information content (AvgIpc) is 2.48. The Bertz CT molecular complexity index is 685. The summed E-state index contributed by atoms with van der Waals surface area (Å²) in [4.78, 5) is 0. The summed E-state index contributed by atoms with van der Waals surface area (Å²) in [5, 5.41) is 19.4. The number of aromatic nitrogens is 4. The highest BCUT2D eigenvalue weighted by molar-refractivity contribution is 9.09. The average molecular weight is 395 g/mol. The molecule has 0 N–H and O–H groups in total. The molecule has 2 aromatic heterocycles. The molecular weight excluding hydrogens is 368 g/mol. The summed E-state index contributed by atoms with van der Waals surface area (Å²) in [6, 6.07) is 4.26. The SMILES string of the molecule is Cc1cc(C(C)(C)C)nnc1SSSc1nnc(C(C)(C)C)cc1C. The quantitative estimate of drug-likeness (QED) is 0.596. The van der Waals surface area contributed by atoms with Gasteiger partial charge in [0.1, 0.15) is 10.1 Å². The van der Waals surface area contributed by atoms with Crippen molar-refractivity contribution >= 4 is 31.4 Å². The van der Waals surface area contributed by atoms with Gasteiger partial charge in [0.15, 0.2) is 0 Å². The summed E-state index contributed by atoms with van der Waals surface area (Å²) in [7, 11) is 4.88. The fourth-order valence-corrected chi connectivity index (χ4v) is 5.56. The molecule has 0 radical (unpaired) electrons. The Balaban J connectivity index is 2.02. The number of nitrogens with zero attached hydrogens (tertiary/aromatic N) is 4. The highest BCUT2D eigenvalue weighted by Crippen LogP contribution is 2.44. The van der Waals surface area contributed by atoms with Gasteiger partial charge in [-0.25, -0.2) is 0 Å². The molecule has 2 rings (SSSR count). The molecule has 136 valence electrons. The monoisotopic (exact) mass is 394 g/mol. The minimum absolute atomic E-state index is 0.0182. The van der Waals surface area contributed by atoms with Crippen LogP contribution in [0.15, 0.2) is 22.2 Å². The van der Waals surface area contributed by atoms with Gasteiger partial charge >= 0.3 is 0 Å². The smallest absolute Gasteiger partial charge is 0.133 e. The summed E-state index contributed by atoms with van der Waals surface area (Å²) in [5.41, 5.74) is 4.39. The van der Waals surface area contributed by atoms with Crippen molar-refractivity contribution in [2.75, 3.05) is 0 Å². The fraction of sp³-hybridized carbons (Fsp3) is 0.556. The van der Waals surface area contributed by atoms with Crippen LogP contribution >= 0.6 is 31.4 Å². The van der Waals surface area contributed by atoms with Crippen molar-refractivity contribution in [1.29, 1.82) is 0 Å². The summed E-state index contributed by atoms with van der Waals surface area (Å²) in [6.45, 7) is 17.1. The first-order valence-corrected chi connectivity index (χ1v) is 11.7. The first kappa shape index (κ1) is 20.5. The molecule has 0 aliphatic rings. The van der Waals surface area contributed by atoms with Gasteiger partial charge in [0.05, 0.1) is 11.4 Å². The van der Waals surface area contributed by atoms with Gasteiger partial charge < -0.3 is 0 Å². The van der Waals surface area contributed by atoms with E-state index >= 15 is 0 Å². The Hall–Kier alpha value is -0.790. The molecule has 0 aliphatic heterocycles. The predicted molar refractivity (Wildman–Crippen MR) is 110 cm³/mol. The lowest BCUT2D eigenvalue weighted by atomic mass is 9.91. The van der Waals surface area contributed by atoms with Crippen molar-refractivity contribution in [1.82, 2.24) is 20.4 Å². The van der Waals surface area contributed by atoms with Crippen molar-refractivity contribution in [2.24, 2.45) is 0 Å². The van der Waals surface area contributed by atoms with Crippen molar-refractivity contribution < 1.29 is 0 Å². The third-order valence-electron chi connectivity index (χ3n) is 3.64. The zero-order valence-corrected chi connectivity index (χ0v) is 18.6. The minimum Gasteiger partial charge on any atom is -0.154 e. The molecule has 0 saturated heterocycles. The first-order valence-electron chi connectivity index (χ1n) is 8.19. The summed E-state index contributed by atoms with van der Waals surface area (Å²) < 4.78 is 0. The molecule has 0 atom stereocenters. The van der Waals surface area contributed by atoms with Crippen LogP contribution in [-0.4, -0.2) is 20.4 Å². The maximum atomic E-state index is 4.39. The number of aryl methyl sites for hydroxylation is 2. The predicted octanol–water partition coefficient (Wildman–Crippen LogP) is 5.93. The molecule has 0 aliphatic carbocycles. The van der Waals surface area contributed by atoms with Gasteiger partial charge in [-0.1, -0.05) is 41.5 Å². The van der Waals surface area contributed by atoms with Crippen LogP contribution in [0.5, 0.6) is 0 Å². The van der Waals surface area contributed by atoms with E-state index in [1.807, 2.05) is 0 Å². The van der Waals surface area contributed by atoms with Gasteiger partial charge in [0.25, 0.3) is 0 Å². The minimum atomic E-state index is 0.0182. The van der Waals surface area contributed by atoms with Crippen LogP contribution in [0.2, 0.25) is 0 Å². The van der Waals surface area contributed by atoms with Crippen LogP contribution in [0, 0.1) is 13.8 Å². The van der Waals surface area contributed by atoms with Gasteiger partial charge in [0, 0.05) is 10.8 Å². The molecule has 25 heavy (non-hydrogen) atoms. The first-order chi connectivity index (χ1) is 11.5. The van der Waals surface area contributed by atoms with Crippen LogP contribution in [0.1, 0.15) is 64.1 Å². The molecular formula is C18H26N4S3. The Kier molecular flexibility index (Phi) is 6.44. The summed E-state index contributed by atoms with van der Waals surface area (Å²) in [6.07, 6.45) is 0. The maximum Gasteiger partial charge on any atom is 0.133 e. The number of hydrogen-bond donors (Lipinski definition) is 0. The second-order valence-electron chi connectivity index (χ2n) is 8.17. The third kappa shape index (κ3) is 5.59. The zero-order chi connectivity index (χ0) is 18.8. The Morgan fingerprint density at radius 1 is 0.640 bits per heavy atom. The maximum absolute atomic E-state index is 4.39. The van der Waals surface area contributed by atoms with Gasteiger partial charge in [-0.15, -0.1) is 10.2 Å². The molecule has 0 bridgehead atoms. The Morgan fingerprint density at radius 2 is 1.00 bits per heavy atom. The molecule has 7 heteroatoms. The number of hydrogen-bond acceptors (Lipinski definition) is 7. The lowest BCUT2D eigenvalue weighted by Crippen LogP contribution is -2.15. The normalized spacial score (nSPS) is 12.5. The van der Waals surface area contributed by atoms with Crippen molar-refractivity contribution in [2.45, 2.75) is 76.3 Å². The number of rotatable bonds is 4. The van der Waals surface area contributed by atoms with Crippen LogP contribution in [-0.2, 0) is 10.8 Å². The highest BCUT2D eigenvalue weighted by atomic mass is 33.5. The second kappa shape index (κ2) is 7.84. The lowest BCUT2D eigenvalue weighted by molar-refractivity contribution is 0.552. The van der Waals surface area contributed by atoms with Gasteiger partial charge in [0.2, 0.25) is 0 Å². The summed E-state index contributed by atoms with van der Waals surface area (Å²) in [5.74, 6) is 0. The molecule has 2 aromatic rings. The van der Waals surface area contributed by atoms with E-state index in [9.17, 15) is 0 Å². The van der Waals surface area contributed by atoms with E-state index in [0.717, 1.165) is 32.6 Å². The van der Waals surface area contributed by atoms with Crippen molar-refractivity contribution in [3.8, 4) is 0 Å². The zero-order valence-electron chi connectivity index (χ0n) is 16.2. The highest BCUT2D eigenvalue weighted by Gasteiger charge is 2.19. The van der Waals surface area contributed by atoms with E-state index in [2.05, 4.69) is 87.9 Å². The third-order valence-corrected chi connectivity index (χ3v) is 7.48. The van der Waals surface area contributed by atoms with Crippen LogP contribution in [0.3, 0.4) is 0 Å².